The van der Waals surface area contributed by atoms with Crippen molar-refractivity contribution < 1.29 is 14.3 Å². The number of piperidine rings is 1. The molecule has 0 radical (unpaired) electrons. The van der Waals surface area contributed by atoms with Crippen LogP contribution in [0.15, 0.2) is 66.0 Å². The Hall–Kier alpha value is -3.32. The smallest absolute Gasteiger partial charge is 0.321 e. The van der Waals surface area contributed by atoms with Crippen molar-refractivity contribution >= 4 is 29.0 Å². The third-order valence-corrected chi connectivity index (χ3v) is 6.98. The van der Waals surface area contributed by atoms with Crippen molar-refractivity contribution in [1.82, 2.24) is 9.80 Å². The molecule has 7 heteroatoms. The van der Waals surface area contributed by atoms with Crippen molar-refractivity contribution in [3.8, 4) is 5.75 Å². The Kier molecular flexibility index (Phi) is 7.85. The molecule has 0 spiro atoms. The Bertz CT molecular complexity index is 1120. The van der Waals surface area contributed by atoms with E-state index in [1.165, 1.54) is 0 Å². The minimum Gasteiger partial charge on any atom is -0.496 e. The van der Waals surface area contributed by atoms with Gasteiger partial charge in [-0.15, -0.1) is 11.3 Å². The predicted molar refractivity (Wildman–Crippen MR) is 136 cm³/mol. The number of nitrogens with zero attached hydrogens (tertiary/aromatic N) is 2. The van der Waals surface area contributed by atoms with E-state index in [2.05, 4.69) is 11.4 Å². The van der Waals surface area contributed by atoms with E-state index in [1.54, 1.807) is 23.3 Å². The molecule has 6 nitrogen and oxygen atoms in total. The van der Waals surface area contributed by atoms with Crippen LogP contribution >= 0.6 is 11.3 Å². The molecule has 1 N–H and O–H groups in total. The number of urea groups is 1. The SMILES string of the molecule is COc1ccccc1CN(Cc1cccs1)C(=O)C1CCCN(C(=O)Nc2cccc(C)c2)C1. The number of rotatable bonds is 7. The summed E-state index contributed by atoms with van der Waals surface area (Å²) < 4.78 is 5.52. The maximum Gasteiger partial charge on any atom is 0.321 e. The first-order chi connectivity index (χ1) is 16.5. The highest BCUT2D eigenvalue weighted by Gasteiger charge is 2.32. The topological polar surface area (TPSA) is 61.9 Å². The van der Waals surface area contributed by atoms with Crippen molar-refractivity contribution in [2.24, 2.45) is 5.92 Å². The molecule has 178 valence electrons. The molecule has 34 heavy (non-hydrogen) atoms. The predicted octanol–water partition coefficient (Wildman–Crippen LogP) is 5.54. The van der Waals surface area contributed by atoms with Gasteiger partial charge in [0.05, 0.1) is 19.6 Å². The molecule has 4 rings (SSSR count). The van der Waals surface area contributed by atoms with E-state index < -0.39 is 0 Å². The molecular weight excluding hydrogens is 446 g/mol. The molecule has 1 atom stereocenters. The van der Waals surface area contributed by atoms with Gasteiger partial charge in [0.15, 0.2) is 0 Å². The zero-order valence-electron chi connectivity index (χ0n) is 19.7. The largest absolute Gasteiger partial charge is 0.496 e. The number of benzene rings is 2. The van der Waals surface area contributed by atoms with E-state index in [4.69, 9.17) is 4.74 Å². The number of para-hydroxylation sites is 1. The number of amides is 3. The second-order valence-corrected chi connectivity index (χ2v) is 9.70. The molecule has 3 amide bonds. The second kappa shape index (κ2) is 11.2. The Morgan fingerprint density at radius 3 is 2.74 bits per heavy atom. The van der Waals surface area contributed by atoms with Gasteiger partial charge in [0.25, 0.3) is 0 Å². The molecule has 1 saturated heterocycles. The number of aryl methyl sites for hydroxylation is 1. The summed E-state index contributed by atoms with van der Waals surface area (Å²) in [7, 11) is 1.65. The van der Waals surface area contributed by atoms with Crippen LogP contribution in [0.3, 0.4) is 0 Å². The molecule has 3 aromatic rings. The van der Waals surface area contributed by atoms with Gasteiger partial charge in [-0.25, -0.2) is 4.79 Å². The van der Waals surface area contributed by atoms with Crippen LogP contribution in [0.1, 0.15) is 28.8 Å². The Labute approximate surface area is 205 Å². The number of hydrogen-bond acceptors (Lipinski definition) is 4. The minimum atomic E-state index is -0.230. The maximum absolute atomic E-state index is 13.7. The molecule has 2 heterocycles. The number of methoxy groups -OCH3 is 1. The number of hydrogen-bond donors (Lipinski definition) is 1. The van der Waals surface area contributed by atoms with Crippen molar-refractivity contribution in [3.05, 3.63) is 82.0 Å². The van der Waals surface area contributed by atoms with Gasteiger partial charge < -0.3 is 19.9 Å². The molecular formula is C27H31N3O3S. The third kappa shape index (κ3) is 5.97. The standard InChI is InChI=1S/C27H31N3O3S/c1-20-8-5-11-23(16-20)28-27(32)29-14-6-10-22(18-29)26(31)30(19-24-12-7-15-34-24)17-21-9-3-4-13-25(21)33-2/h3-5,7-9,11-13,15-16,22H,6,10,14,17-19H2,1-2H3,(H,28,32). The summed E-state index contributed by atoms with van der Waals surface area (Å²) in [5, 5.41) is 5.01. The van der Waals surface area contributed by atoms with Crippen molar-refractivity contribution in [3.63, 3.8) is 0 Å². The fourth-order valence-electron chi connectivity index (χ4n) is 4.39. The number of ether oxygens (including phenoxy) is 1. The molecule has 0 aliphatic carbocycles. The average Bonchev–Trinajstić information content (AvgIpc) is 3.37. The monoisotopic (exact) mass is 477 g/mol. The summed E-state index contributed by atoms with van der Waals surface area (Å²) in [6.45, 7) is 4.07. The van der Waals surface area contributed by atoms with Crippen LogP contribution in [-0.2, 0) is 17.9 Å². The van der Waals surface area contributed by atoms with Crippen LogP contribution < -0.4 is 10.1 Å². The molecule has 1 aliphatic rings. The highest BCUT2D eigenvalue weighted by atomic mass is 32.1. The van der Waals surface area contributed by atoms with Crippen LogP contribution in [0.2, 0.25) is 0 Å². The highest BCUT2D eigenvalue weighted by molar-refractivity contribution is 7.09. The molecule has 1 aromatic heterocycles. The zero-order chi connectivity index (χ0) is 23.9. The van der Waals surface area contributed by atoms with Crippen molar-refractivity contribution in [1.29, 1.82) is 0 Å². The molecule has 1 unspecified atom stereocenters. The van der Waals surface area contributed by atoms with Gasteiger partial charge in [-0.1, -0.05) is 36.4 Å². The van der Waals surface area contributed by atoms with Gasteiger partial charge in [0.2, 0.25) is 5.91 Å². The number of thiophene rings is 1. The third-order valence-electron chi connectivity index (χ3n) is 6.12. The lowest BCUT2D eigenvalue weighted by Crippen LogP contribution is -2.47. The van der Waals surface area contributed by atoms with Gasteiger partial charge in [-0.3, -0.25) is 4.79 Å². The number of anilines is 1. The number of likely N-dealkylation sites (tertiary alicyclic amines) is 1. The molecule has 0 bridgehead atoms. The maximum atomic E-state index is 13.7. The highest BCUT2D eigenvalue weighted by Crippen LogP contribution is 2.26. The first-order valence-corrected chi connectivity index (χ1v) is 12.5. The van der Waals surface area contributed by atoms with Gasteiger partial charge in [-0.05, 0) is 55.0 Å². The summed E-state index contributed by atoms with van der Waals surface area (Å²) in [6, 6.07) is 19.5. The van der Waals surface area contributed by atoms with Gasteiger partial charge >= 0.3 is 6.03 Å². The number of nitrogens with one attached hydrogen (secondary N) is 1. The lowest BCUT2D eigenvalue weighted by molar-refractivity contribution is -0.138. The zero-order valence-corrected chi connectivity index (χ0v) is 20.5. The van der Waals surface area contributed by atoms with E-state index >= 15 is 0 Å². The van der Waals surface area contributed by atoms with Crippen LogP contribution in [0.5, 0.6) is 5.75 Å². The molecule has 2 aromatic carbocycles. The lowest BCUT2D eigenvalue weighted by atomic mass is 9.96. The normalized spacial score (nSPS) is 15.6. The summed E-state index contributed by atoms with van der Waals surface area (Å²) in [5.74, 6) is 0.619. The van der Waals surface area contributed by atoms with Gasteiger partial charge in [-0.2, -0.15) is 0 Å². The molecule has 1 fully saturated rings. The van der Waals surface area contributed by atoms with Crippen LogP contribution in [0.4, 0.5) is 10.5 Å². The number of carbonyl (C=O) groups is 2. The Morgan fingerprint density at radius 2 is 1.97 bits per heavy atom. The van der Waals surface area contributed by atoms with E-state index in [0.29, 0.717) is 26.2 Å². The van der Waals surface area contributed by atoms with Gasteiger partial charge in [0.1, 0.15) is 5.75 Å². The first-order valence-electron chi connectivity index (χ1n) is 11.6. The Morgan fingerprint density at radius 1 is 1.12 bits per heavy atom. The van der Waals surface area contributed by atoms with E-state index in [9.17, 15) is 9.59 Å². The van der Waals surface area contributed by atoms with Crippen LogP contribution in [0.25, 0.3) is 0 Å². The first kappa shape index (κ1) is 23.8. The summed E-state index contributed by atoms with van der Waals surface area (Å²) in [4.78, 5) is 31.5. The summed E-state index contributed by atoms with van der Waals surface area (Å²) >= 11 is 1.64. The van der Waals surface area contributed by atoms with E-state index in [0.717, 1.165) is 40.3 Å². The quantitative estimate of drug-likeness (QED) is 0.486. The second-order valence-electron chi connectivity index (χ2n) is 8.67. The Balaban J connectivity index is 1.48. The van der Waals surface area contributed by atoms with Crippen molar-refractivity contribution in [2.75, 3.05) is 25.5 Å². The van der Waals surface area contributed by atoms with E-state index in [1.807, 2.05) is 71.8 Å². The summed E-state index contributed by atoms with van der Waals surface area (Å²) in [6.07, 6.45) is 1.58. The van der Waals surface area contributed by atoms with Crippen molar-refractivity contribution in [2.45, 2.75) is 32.9 Å². The lowest BCUT2D eigenvalue weighted by Gasteiger charge is -2.35. The average molecular weight is 478 g/mol. The summed E-state index contributed by atoms with van der Waals surface area (Å²) in [5.41, 5.74) is 2.83. The fraction of sp³-hybridized carbons (Fsp3) is 0.333. The van der Waals surface area contributed by atoms with E-state index in [-0.39, 0.29) is 17.9 Å². The van der Waals surface area contributed by atoms with Crippen LogP contribution in [-0.4, -0.2) is 41.9 Å². The molecule has 1 aliphatic heterocycles. The number of carbonyl (C=O) groups excluding carboxylic acids is 2. The minimum absolute atomic E-state index is 0.0763. The van der Waals surface area contributed by atoms with Crippen LogP contribution in [0, 0.1) is 12.8 Å². The van der Waals surface area contributed by atoms with Gasteiger partial charge in [0, 0.05) is 35.8 Å². The fourth-order valence-corrected chi connectivity index (χ4v) is 5.11. The molecule has 0 saturated carbocycles.